The van der Waals surface area contributed by atoms with Crippen molar-refractivity contribution in [2.24, 2.45) is 0 Å². The number of unbranched alkanes of at least 4 members (excludes halogenated alkanes) is 2. The number of rotatable bonds is 13. The molecule has 10 heteroatoms. The minimum atomic E-state index is -0.363. The summed E-state index contributed by atoms with van der Waals surface area (Å²) < 4.78 is 17.1. The number of hydrogen-bond acceptors (Lipinski definition) is 8. The Morgan fingerprint density at radius 2 is 1.79 bits per heavy atom. The van der Waals surface area contributed by atoms with E-state index in [1.807, 2.05) is 30.3 Å². The molecule has 0 spiro atoms. The van der Waals surface area contributed by atoms with Crippen molar-refractivity contribution >= 4 is 17.5 Å². The second kappa shape index (κ2) is 15.0. The van der Waals surface area contributed by atoms with Gasteiger partial charge in [0.25, 0.3) is 0 Å². The van der Waals surface area contributed by atoms with E-state index in [4.69, 9.17) is 14.2 Å². The number of aromatic nitrogens is 1. The lowest BCUT2D eigenvalue weighted by molar-refractivity contribution is -0.121. The molecule has 10 nitrogen and oxygen atoms in total. The number of carbonyl (C=O) groups excluding carboxylic acids is 2. The number of pyridine rings is 1. The third-order valence-electron chi connectivity index (χ3n) is 7.50. The summed E-state index contributed by atoms with van der Waals surface area (Å²) in [4.78, 5) is 41.9. The molecule has 1 aliphatic rings. The summed E-state index contributed by atoms with van der Waals surface area (Å²) in [6.45, 7) is 2.48. The van der Waals surface area contributed by atoms with E-state index in [0.29, 0.717) is 60.9 Å². The maximum atomic E-state index is 13.4. The molecular formula is C33H40N4O6. The van der Waals surface area contributed by atoms with Gasteiger partial charge in [-0.3, -0.25) is 19.4 Å². The molecule has 3 N–H and O–H groups in total. The Bertz CT molecular complexity index is 1500. The number of anilines is 1. The Kier molecular flexibility index (Phi) is 11.0. The van der Waals surface area contributed by atoms with Gasteiger partial charge >= 0.3 is 0 Å². The fourth-order valence-corrected chi connectivity index (χ4v) is 5.44. The molecule has 228 valence electrons. The first kappa shape index (κ1) is 31.3. The van der Waals surface area contributed by atoms with E-state index in [2.05, 4.69) is 20.9 Å². The van der Waals surface area contributed by atoms with E-state index < -0.39 is 0 Å². The third-order valence-corrected chi connectivity index (χ3v) is 7.50. The van der Waals surface area contributed by atoms with Crippen molar-refractivity contribution in [2.75, 3.05) is 33.2 Å². The van der Waals surface area contributed by atoms with Gasteiger partial charge in [-0.15, -0.1) is 0 Å². The van der Waals surface area contributed by atoms with Gasteiger partial charge in [-0.1, -0.05) is 18.6 Å². The zero-order valence-corrected chi connectivity index (χ0v) is 25.2. The average Bonchev–Trinajstić information content (AvgIpc) is 3.25. The number of amides is 2. The molecule has 3 aromatic rings. The monoisotopic (exact) mass is 588 g/mol. The van der Waals surface area contributed by atoms with Crippen LogP contribution in [0.3, 0.4) is 0 Å². The van der Waals surface area contributed by atoms with E-state index in [1.165, 1.54) is 6.92 Å². The van der Waals surface area contributed by atoms with Crippen molar-refractivity contribution in [3.63, 3.8) is 0 Å². The number of ether oxygens (including phenoxy) is 3. The minimum absolute atomic E-state index is 0.00396. The number of carbonyl (C=O) groups is 2. The lowest BCUT2D eigenvalue weighted by Crippen LogP contribution is -2.26. The van der Waals surface area contributed by atoms with Crippen molar-refractivity contribution in [2.45, 2.75) is 58.0 Å². The number of benzene rings is 1. The van der Waals surface area contributed by atoms with Gasteiger partial charge in [0.15, 0.2) is 11.5 Å². The normalized spacial score (nSPS) is 13.5. The van der Waals surface area contributed by atoms with E-state index >= 15 is 0 Å². The molecule has 1 heterocycles. The second-order valence-electron chi connectivity index (χ2n) is 10.4. The number of hydrogen-bond donors (Lipinski definition) is 3. The highest BCUT2D eigenvalue weighted by molar-refractivity contribution is 5.83. The van der Waals surface area contributed by atoms with Crippen LogP contribution >= 0.6 is 0 Å². The summed E-state index contributed by atoms with van der Waals surface area (Å²) in [5.74, 6) is 1.35. The fourth-order valence-electron chi connectivity index (χ4n) is 5.44. The highest BCUT2D eigenvalue weighted by atomic mass is 16.5. The van der Waals surface area contributed by atoms with Crippen LogP contribution in [-0.2, 0) is 22.6 Å². The Morgan fingerprint density at radius 3 is 2.49 bits per heavy atom. The molecule has 0 aliphatic heterocycles. The van der Waals surface area contributed by atoms with Gasteiger partial charge in [0.2, 0.25) is 23.0 Å². The van der Waals surface area contributed by atoms with Crippen molar-refractivity contribution in [1.29, 1.82) is 0 Å². The van der Waals surface area contributed by atoms with Gasteiger partial charge in [0, 0.05) is 31.6 Å². The maximum Gasteiger partial charge on any atom is 0.220 e. The minimum Gasteiger partial charge on any atom is -0.493 e. The van der Waals surface area contributed by atoms with E-state index in [-0.39, 0.29) is 23.3 Å². The molecule has 1 aliphatic carbocycles. The summed E-state index contributed by atoms with van der Waals surface area (Å²) in [6, 6.07) is 12.5. The van der Waals surface area contributed by atoms with Crippen molar-refractivity contribution < 1.29 is 23.8 Å². The first-order chi connectivity index (χ1) is 20.9. The van der Waals surface area contributed by atoms with Gasteiger partial charge in [0.05, 0.1) is 45.3 Å². The molecular weight excluding hydrogens is 548 g/mol. The largest absolute Gasteiger partial charge is 0.493 e. The van der Waals surface area contributed by atoms with Gasteiger partial charge in [0.1, 0.15) is 0 Å². The molecule has 0 unspecified atom stereocenters. The Labute approximate surface area is 252 Å². The first-order valence-electron chi connectivity index (χ1n) is 14.5. The Hall–Kier alpha value is -4.60. The zero-order valence-electron chi connectivity index (χ0n) is 25.2. The summed E-state index contributed by atoms with van der Waals surface area (Å²) in [6.07, 6.45) is 5.76. The SMILES string of the molecule is COc1cc2c(c(OC)c1OC)-c1ccc(NCCCCCC(=O)NCc3ccccn3)c(=O)cc1[C@@H](NC(C)=O)CC2. The molecule has 2 amide bonds. The molecule has 0 bridgehead atoms. The zero-order chi connectivity index (χ0) is 30.8. The van der Waals surface area contributed by atoms with Crippen LogP contribution in [-0.4, -0.2) is 44.7 Å². The highest BCUT2D eigenvalue weighted by Gasteiger charge is 2.29. The number of fused-ring (bicyclic) bond motifs is 3. The van der Waals surface area contributed by atoms with Crippen LogP contribution in [0, 0.1) is 0 Å². The highest BCUT2D eigenvalue weighted by Crippen LogP contribution is 2.50. The van der Waals surface area contributed by atoms with Gasteiger partial charge < -0.3 is 30.2 Å². The van der Waals surface area contributed by atoms with Crippen LogP contribution in [0.1, 0.15) is 61.9 Å². The molecule has 1 aromatic heterocycles. The number of aryl methyl sites for hydroxylation is 1. The predicted octanol–water partition coefficient (Wildman–Crippen LogP) is 4.55. The van der Waals surface area contributed by atoms with Crippen LogP contribution in [0.25, 0.3) is 11.1 Å². The van der Waals surface area contributed by atoms with Crippen LogP contribution < -0.4 is 35.6 Å². The molecule has 0 saturated carbocycles. The van der Waals surface area contributed by atoms with Gasteiger partial charge in [-0.25, -0.2) is 0 Å². The van der Waals surface area contributed by atoms with Crippen molar-refractivity contribution in [3.05, 3.63) is 75.7 Å². The summed E-state index contributed by atoms with van der Waals surface area (Å²) in [5.41, 5.74) is 4.40. The lowest BCUT2D eigenvalue weighted by Gasteiger charge is -2.19. The van der Waals surface area contributed by atoms with E-state index in [1.54, 1.807) is 39.7 Å². The van der Waals surface area contributed by atoms with Crippen LogP contribution in [0.15, 0.2) is 53.5 Å². The Balaban J connectivity index is 1.49. The van der Waals surface area contributed by atoms with E-state index in [0.717, 1.165) is 41.6 Å². The molecule has 0 saturated heterocycles. The molecule has 0 radical (unpaired) electrons. The first-order valence-corrected chi connectivity index (χ1v) is 14.5. The second-order valence-corrected chi connectivity index (χ2v) is 10.4. The molecule has 2 aromatic carbocycles. The fraction of sp³-hybridized carbons (Fsp3) is 0.394. The molecule has 43 heavy (non-hydrogen) atoms. The van der Waals surface area contributed by atoms with E-state index in [9.17, 15) is 14.4 Å². The Morgan fingerprint density at radius 1 is 0.977 bits per heavy atom. The smallest absolute Gasteiger partial charge is 0.220 e. The standard InChI is InChI=1S/C33H40N4O6/c1-21(38)37-26-14-12-22-18-29(41-2)32(42-3)33(43-4)31(22)24-13-15-27(28(39)19-25(24)26)35-17-8-5-6-11-30(40)36-20-23-10-7-9-16-34-23/h7,9-10,13,15-16,18-19,26H,5-6,8,11-12,14,17,20H2,1-4H3,(H,35,39)(H,36,40)(H,37,38)/t26-/m0/s1. The molecule has 1 atom stereocenters. The summed E-state index contributed by atoms with van der Waals surface area (Å²) >= 11 is 0. The predicted molar refractivity (Wildman–Crippen MR) is 166 cm³/mol. The summed E-state index contributed by atoms with van der Waals surface area (Å²) in [5, 5.41) is 9.19. The van der Waals surface area contributed by atoms with Gasteiger partial charge in [-0.2, -0.15) is 0 Å². The third kappa shape index (κ3) is 7.82. The molecule has 4 rings (SSSR count). The lowest BCUT2D eigenvalue weighted by atomic mass is 9.95. The van der Waals surface area contributed by atoms with Crippen molar-refractivity contribution in [1.82, 2.24) is 15.6 Å². The molecule has 0 fully saturated rings. The van der Waals surface area contributed by atoms with Crippen molar-refractivity contribution in [3.8, 4) is 28.4 Å². The van der Waals surface area contributed by atoms with Gasteiger partial charge in [-0.05, 0) is 72.7 Å². The number of methoxy groups -OCH3 is 3. The average molecular weight is 589 g/mol. The topological polar surface area (TPSA) is 128 Å². The number of nitrogens with one attached hydrogen (secondary N) is 3. The maximum absolute atomic E-state index is 13.4. The summed E-state index contributed by atoms with van der Waals surface area (Å²) in [7, 11) is 4.71. The van der Waals surface area contributed by atoms with Crippen LogP contribution in [0.5, 0.6) is 17.2 Å². The number of nitrogens with zero attached hydrogens (tertiary/aromatic N) is 1. The van der Waals surface area contributed by atoms with Crippen LogP contribution in [0.2, 0.25) is 0 Å². The quantitative estimate of drug-likeness (QED) is 0.248. The van der Waals surface area contributed by atoms with Crippen LogP contribution in [0.4, 0.5) is 5.69 Å².